The number of rotatable bonds is 6. The molecule has 0 fully saturated rings. The summed E-state index contributed by atoms with van der Waals surface area (Å²) in [6.07, 6.45) is 2.00. The summed E-state index contributed by atoms with van der Waals surface area (Å²) >= 11 is 0. The average Bonchev–Trinajstić information content (AvgIpc) is 2.72. The third-order valence-corrected chi connectivity index (χ3v) is 5.91. The molecule has 0 unspecified atom stereocenters. The molecule has 2 aromatic carbocycles. The van der Waals surface area contributed by atoms with Crippen LogP contribution in [0.2, 0.25) is 0 Å². The summed E-state index contributed by atoms with van der Waals surface area (Å²) in [4.78, 5) is 12.2. The molecule has 8 heteroatoms. The van der Waals surface area contributed by atoms with Crippen LogP contribution >= 0.6 is 0 Å². The quantitative estimate of drug-likeness (QED) is 0.572. The van der Waals surface area contributed by atoms with Crippen molar-refractivity contribution in [3.63, 3.8) is 0 Å². The molecule has 0 spiro atoms. The molecular formula is C22H19F2NO4S. The summed E-state index contributed by atoms with van der Waals surface area (Å²) in [5.41, 5.74) is 1.17. The average molecular weight is 431 g/mol. The largest absolute Gasteiger partial charge is 0.454 e. The van der Waals surface area contributed by atoms with Gasteiger partial charge in [0, 0.05) is 41.4 Å². The molecule has 0 saturated heterocycles. The Morgan fingerprint density at radius 3 is 2.43 bits per heavy atom. The van der Waals surface area contributed by atoms with Crippen molar-refractivity contribution in [1.82, 2.24) is 4.57 Å². The summed E-state index contributed by atoms with van der Waals surface area (Å²) in [7, 11) is -2.17. The van der Waals surface area contributed by atoms with Crippen LogP contribution < -0.4 is 10.3 Å². The lowest BCUT2D eigenvalue weighted by molar-refractivity contribution is 0.438. The zero-order chi connectivity index (χ0) is 22.1. The van der Waals surface area contributed by atoms with E-state index in [0.717, 1.165) is 17.5 Å². The summed E-state index contributed by atoms with van der Waals surface area (Å²) in [5.74, 6) is -1.74. The number of hydrogen-bond donors (Lipinski definition) is 0. The fraction of sp³-hybridized carbons (Fsp3) is 0.136. The lowest BCUT2D eigenvalue weighted by atomic mass is 10.0. The number of halogens is 2. The van der Waals surface area contributed by atoms with E-state index in [1.807, 2.05) is 6.92 Å². The predicted molar refractivity (Wildman–Crippen MR) is 110 cm³/mol. The van der Waals surface area contributed by atoms with Gasteiger partial charge < -0.3 is 9.30 Å². The van der Waals surface area contributed by atoms with E-state index in [4.69, 9.17) is 4.74 Å². The van der Waals surface area contributed by atoms with Crippen LogP contribution in [0.1, 0.15) is 12.5 Å². The van der Waals surface area contributed by atoms with Crippen molar-refractivity contribution in [2.45, 2.75) is 18.2 Å². The fourth-order valence-electron chi connectivity index (χ4n) is 2.95. The highest BCUT2D eigenvalue weighted by Gasteiger charge is 2.18. The first kappa shape index (κ1) is 21.4. The number of aromatic nitrogens is 1. The highest BCUT2D eigenvalue weighted by molar-refractivity contribution is 7.94. The number of sulfone groups is 1. The normalized spacial score (nSPS) is 11.3. The molecule has 0 saturated carbocycles. The molecule has 30 heavy (non-hydrogen) atoms. The first-order valence-corrected chi connectivity index (χ1v) is 10.5. The second kappa shape index (κ2) is 8.23. The number of aryl methyl sites for hydroxylation is 2. The predicted octanol–water partition coefficient (Wildman–Crippen LogP) is 4.60. The first-order valence-electron chi connectivity index (χ1n) is 9.00. The Labute approximate surface area is 172 Å². The van der Waals surface area contributed by atoms with Crippen LogP contribution in [-0.2, 0) is 23.3 Å². The van der Waals surface area contributed by atoms with Gasteiger partial charge in [-0.3, -0.25) is 4.79 Å². The molecule has 1 heterocycles. The van der Waals surface area contributed by atoms with Gasteiger partial charge in [-0.05, 0) is 42.8 Å². The van der Waals surface area contributed by atoms with Gasteiger partial charge in [-0.15, -0.1) is 0 Å². The Morgan fingerprint density at radius 1 is 1.10 bits per heavy atom. The number of nitrogens with zero attached hydrogens (tertiary/aromatic N) is 1. The van der Waals surface area contributed by atoms with E-state index >= 15 is 0 Å². The lowest BCUT2D eigenvalue weighted by Gasteiger charge is -2.15. The van der Waals surface area contributed by atoms with E-state index in [1.165, 1.54) is 29.0 Å². The van der Waals surface area contributed by atoms with Gasteiger partial charge in [-0.1, -0.05) is 13.5 Å². The van der Waals surface area contributed by atoms with Gasteiger partial charge in [0.05, 0.1) is 4.90 Å². The Balaban J connectivity index is 2.24. The van der Waals surface area contributed by atoms with Gasteiger partial charge in [0.15, 0.2) is 21.4 Å². The number of ether oxygens (including phenoxy) is 1. The Hall–Kier alpha value is -3.26. The van der Waals surface area contributed by atoms with E-state index in [-0.39, 0.29) is 22.0 Å². The van der Waals surface area contributed by atoms with Gasteiger partial charge in [0.25, 0.3) is 5.56 Å². The van der Waals surface area contributed by atoms with E-state index < -0.39 is 21.5 Å². The minimum absolute atomic E-state index is 0.0358. The number of hydrogen-bond acceptors (Lipinski definition) is 4. The number of pyridine rings is 1. The molecule has 5 nitrogen and oxygen atoms in total. The first-order chi connectivity index (χ1) is 14.2. The molecule has 1 aromatic heterocycles. The molecule has 0 atom stereocenters. The van der Waals surface area contributed by atoms with E-state index in [9.17, 15) is 22.0 Å². The third kappa shape index (κ3) is 4.18. The van der Waals surface area contributed by atoms with Crippen LogP contribution in [-0.4, -0.2) is 13.0 Å². The zero-order valence-corrected chi connectivity index (χ0v) is 17.2. The van der Waals surface area contributed by atoms with E-state index in [2.05, 4.69) is 6.58 Å². The van der Waals surface area contributed by atoms with Crippen LogP contribution in [0, 0.1) is 11.6 Å². The number of benzene rings is 2. The molecule has 0 bridgehead atoms. The van der Waals surface area contributed by atoms with Crippen molar-refractivity contribution >= 4 is 9.84 Å². The van der Waals surface area contributed by atoms with Gasteiger partial charge in [0.2, 0.25) is 0 Å². The molecule has 3 aromatic rings. The minimum Gasteiger partial charge on any atom is -0.454 e. The second-order valence-electron chi connectivity index (χ2n) is 6.57. The third-order valence-electron chi connectivity index (χ3n) is 4.56. The fourth-order valence-corrected chi connectivity index (χ4v) is 3.69. The van der Waals surface area contributed by atoms with Crippen LogP contribution in [0.3, 0.4) is 0 Å². The SMILES string of the molecule is C=CS(=O)(=O)c1ccc(Oc2ccc(F)cc2F)c(-c2cc(CC)c(=O)n(C)c2)c1. The summed E-state index contributed by atoms with van der Waals surface area (Å²) in [6.45, 7) is 5.15. The Kier molecular flexibility index (Phi) is 5.89. The maximum atomic E-state index is 14.1. The molecule has 0 amide bonds. The van der Waals surface area contributed by atoms with Crippen molar-refractivity contribution < 1.29 is 21.9 Å². The van der Waals surface area contributed by atoms with Crippen molar-refractivity contribution in [2.24, 2.45) is 7.05 Å². The van der Waals surface area contributed by atoms with E-state index in [1.54, 1.807) is 13.1 Å². The van der Waals surface area contributed by atoms with Gasteiger partial charge in [-0.2, -0.15) is 0 Å². The van der Waals surface area contributed by atoms with Crippen LogP contribution in [0.25, 0.3) is 11.1 Å². The molecular weight excluding hydrogens is 412 g/mol. The minimum atomic E-state index is -3.75. The van der Waals surface area contributed by atoms with Crippen LogP contribution in [0.15, 0.2) is 70.3 Å². The zero-order valence-electron chi connectivity index (χ0n) is 16.4. The maximum absolute atomic E-state index is 14.1. The summed E-state index contributed by atoms with van der Waals surface area (Å²) in [5, 5.41) is 0.824. The highest BCUT2D eigenvalue weighted by atomic mass is 32.2. The Morgan fingerprint density at radius 2 is 1.80 bits per heavy atom. The topological polar surface area (TPSA) is 65.4 Å². The monoisotopic (exact) mass is 431 g/mol. The van der Waals surface area contributed by atoms with Crippen molar-refractivity contribution in [1.29, 1.82) is 0 Å². The molecule has 0 aliphatic heterocycles. The molecule has 0 aliphatic rings. The molecule has 0 radical (unpaired) electrons. The highest BCUT2D eigenvalue weighted by Crippen LogP contribution is 2.36. The lowest BCUT2D eigenvalue weighted by Crippen LogP contribution is -2.20. The van der Waals surface area contributed by atoms with E-state index in [0.29, 0.717) is 29.2 Å². The smallest absolute Gasteiger partial charge is 0.253 e. The molecule has 0 N–H and O–H groups in total. The standard InChI is InChI=1S/C22H19F2NO4S/c1-4-14-10-15(13-25(3)22(14)26)18-12-17(30(27,28)5-2)7-9-20(18)29-21-8-6-16(23)11-19(21)24/h5-13H,2,4H2,1,3H3. The van der Waals surface area contributed by atoms with Crippen LogP contribution in [0.5, 0.6) is 11.5 Å². The van der Waals surface area contributed by atoms with Crippen molar-refractivity contribution in [3.8, 4) is 22.6 Å². The van der Waals surface area contributed by atoms with Gasteiger partial charge in [-0.25, -0.2) is 17.2 Å². The summed E-state index contributed by atoms with van der Waals surface area (Å²) < 4.78 is 58.9. The molecule has 156 valence electrons. The maximum Gasteiger partial charge on any atom is 0.253 e. The van der Waals surface area contributed by atoms with Crippen molar-refractivity contribution in [2.75, 3.05) is 0 Å². The molecule has 0 aliphatic carbocycles. The van der Waals surface area contributed by atoms with Gasteiger partial charge >= 0.3 is 0 Å². The summed E-state index contributed by atoms with van der Waals surface area (Å²) in [6, 6.07) is 8.57. The van der Waals surface area contributed by atoms with Crippen molar-refractivity contribution in [3.05, 3.63) is 88.2 Å². The van der Waals surface area contributed by atoms with Crippen LogP contribution in [0.4, 0.5) is 8.78 Å². The second-order valence-corrected chi connectivity index (χ2v) is 8.46. The molecule has 3 rings (SSSR count). The van der Waals surface area contributed by atoms with Gasteiger partial charge in [0.1, 0.15) is 11.6 Å². The Bertz CT molecular complexity index is 1300.